The number of thiazole rings is 1. The van der Waals surface area contributed by atoms with Crippen molar-refractivity contribution in [3.8, 4) is 10.6 Å². The maximum atomic E-state index is 13.1. The first-order valence-corrected chi connectivity index (χ1v) is 9.19. The summed E-state index contributed by atoms with van der Waals surface area (Å²) in [6.45, 7) is 7.79. The number of ether oxygens (including phenoxy) is 1. The summed E-state index contributed by atoms with van der Waals surface area (Å²) in [6.07, 6.45) is 0. The van der Waals surface area contributed by atoms with E-state index in [9.17, 15) is 9.18 Å². The Bertz CT molecular complexity index is 726. The van der Waals surface area contributed by atoms with Crippen LogP contribution in [0.4, 0.5) is 4.39 Å². The van der Waals surface area contributed by atoms with E-state index in [1.54, 1.807) is 12.1 Å². The average molecular weight is 363 g/mol. The number of hydrogen-bond donors (Lipinski definition) is 1. The Morgan fingerprint density at radius 1 is 1.36 bits per heavy atom. The molecule has 1 amide bonds. The minimum atomic E-state index is -0.285. The monoisotopic (exact) mass is 363 g/mol. The van der Waals surface area contributed by atoms with Crippen LogP contribution in [0.1, 0.15) is 22.3 Å². The zero-order valence-corrected chi connectivity index (χ0v) is 15.2. The molecule has 0 aliphatic carbocycles. The number of aryl methyl sites for hydroxylation is 1. The molecule has 1 aromatic carbocycles. The van der Waals surface area contributed by atoms with Gasteiger partial charge in [-0.3, -0.25) is 9.69 Å². The van der Waals surface area contributed by atoms with Crippen LogP contribution in [-0.2, 0) is 4.74 Å². The van der Waals surface area contributed by atoms with E-state index in [0.29, 0.717) is 17.1 Å². The van der Waals surface area contributed by atoms with E-state index in [4.69, 9.17) is 4.74 Å². The van der Waals surface area contributed by atoms with Gasteiger partial charge in [-0.05, 0) is 38.1 Å². The minimum Gasteiger partial charge on any atom is -0.379 e. The maximum absolute atomic E-state index is 13.1. The molecular formula is C18H22FN3O2S. The van der Waals surface area contributed by atoms with Gasteiger partial charge in [-0.1, -0.05) is 0 Å². The Morgan fingerprint density at radius 2 is 2.04 bits per heavy atom. The van der Waals surface area contributed by atoms with Gasteiger partial charge in [0.2, 0.25) is 0 Å². The number of morpholine rings is 1. The number of amides is 1. The molecule has 134 valence electrons. The highest BCUT2D eigenvalue weighted by molar-refractivity contribution is 7.17. The van der Waals surface area contributed by atoms with Crippen LogP contribution in [0.25, 0.3) is 10.6 Å². The Labute approximate surface area is 150 Å². The summed E-state index contributed by atoms with van der Waals surface area (Å²) in [4.78, 5) is 19.9. The summed E-state index contributed by atoms with van der Waals surface area (Å²) in [6, 6.07) is 6.41. The third kappa shape index (κ3) is 4.42. The molecule has 1 aromatic heterocycles. The molecule has 1 atom stereocenters. The van der Waals surface area contributed by atoms with Crippen LogP contribution >= 0.6 is 11.3 Å². The van der Waals surface area contributed by atoms with Gasteiger partial charge in [0.05, 0.1) is 18.9 Å². The van der Waals surface area contributed by atoms with E-state index >= 15 is 0 Å². The molecule has 2 aromatic rings. The van der Waals surface area contributed by atoms with Crippen LogP contribution in [0.15, 0.2) is 24.3 Å². The lowest BCUT2D eigenvalue weighted by Gasteiger charge is -2.32. The summed E-state index contributed by atoms with van der Waals surface area (Å²) in [5.41, 5.74) is 1.51. The maximum Gasteiger partial charge on any atom is 0.263 e. The Kier molecular flexibility index (Phi) is 5.78. The molecule has 0 saturated carbocycles. The zero-order chi connectivity index (χ0) is 17.8. The highest BCUT2D eigenvalue weighted by Crippen LogP contribution is 2.28. The molecule has 0 spiro atoms. The number of aromatic nitrogens is 1. The molecule has 0 bridgehead atoms. The van der Waals surface area contributed by atoms with Crippen molar-refractivity contribution in [2.45, 2.75) is 19.9 Å². The molecule has 1 fully saturated rings. The van der Waals surface area contributed by atoms with Crippen molar-refractivity contribution in [2.24, 2.45) is 0 Å². The fourth-order valence-corrected chi connectivity index (χ4v) is 3.78. The zero-order valence-electron chi connectivity index (χ0n) is 14.4. The molecule has 3 rings (SSSR count). The molecule has 1 aliphatic heterocycles. The van der Waals surface area contributed by atoms with Gasteiger partial charge in [0.1, 0.15) is 15.7 Å². The first kappa shape index (κ1) is 18.0. The predicted octanol–water partition coefficient (Wildman–Crippen LogP) is 2.71. The number of benzene rings is 1. The molecule has 1 saturated heterocycles. The molecular weight excluding hydrogens is 341 g/mol. The van der Waals surface area contributed by atoms with Gasteiger partial charge in [-0.2, -0.15) is 0 Å². The van der Waals surface area contributed by atoms with E-state index in [0.717, 1.165) is 36.9 Å². The van der Waals surface area contributed by atoms with Crippen molar-refractivity contribution in [2.75, 3.05) is 32.8 Å². The Balaban J connectivity index is 1.63. The normalized spacial score (nSPS) is 16.6. The first-order chi connectivity index (χ1) is 12.0. The van der Waals surface area contributed by atoms with Crippen molar-refractivity contribution in [3.05, 3.63) is 40.7 Å². The van der Waals surface area contributed by atoms with Crippen molar-refractivity contribution in [1.29, 1.82) is 0 Å². The number of carbonyl (C=O) groups is 1. The smallest absolute Gasteiger partial charge is 0.263 e. The standard InChI is InChI=1S/C18H22FN3O2S/c1-12(22-7-9-24-10-8-22)11-20-17(23)16-13(2)21-18(25-16)14-3-5-15(19)6-4-14/h3-6,12H,7-11H2,1-2H3,(H,20,23). The van der Waals surface area contributed by atoms with Gasteiger partial charge in [0, 0.05) is 31.2 Å². The quantitative estimate of drug-likeness (QED) is 0.887. The van der Waals surface area contributed by atoms with E-state index in [1.807, 2.05) is 6.92 Å². The van der Waals surface area contributed by atoms with Gasteiger partial charge >= 0.3 is 0 Å². The minimum absolute atomic E-state index is 0.108. The molecule has 5 nitrogen and oxygen atoms in total. The van der Waals surface area contributed by atoms with Crippen LogP contribution in [0.5, 0.6) is 0 Å². The lowest BCUT2D eigenvalue weighted by atomic mass is 10.2. The van der Waals surface area contributed by atoms with Crippen molar-refractivity contribution < 1.29 is 13.9 Å². The molecule has 25 heavy (non-hydrogen) atoms. The Morgan fingerprint density at radius 3 is 2.72 bits per heavy atom. The second-order valence-corrected chi connectivity index (χ2v) is 7.15. The molecule has 7 heteroatoms. The van der Waals surface area contributed by atoms with Crippen molar-refractivity contribution in [1.82, 2.24) is 15.2 Å². The van der Waals surface area contributed by atoms with E-state index in [1.165, 1.54) is 23.5 Å². The number of halogens is 1. The second-order valence-electron chi connectivity index (χ2n) is 6.15. The molecule has 1 unspecified atom stereocenters. The highest BCUT2D eigenvalue weighted by atomic mass is 32.1. The summed E-state index contributed by atoms with van der Waals surface area (Å²) < 4.78 is 18.4. The van der Waals surface area contributed by atoms with Crippen LogP contribution in [-0.4, -0.2) is 54.7 Å². The molecule has 1 N–H and O–H groups in total. The Hall–Kier alpha value is -1.83. The van der Waals surface area contributed by atoms with Crippen molar-refractivity contribution >= 4 is 17.2 Å². The number of rotatable bonds is 5. The van der Waals surface area contributed by atoms with Crippen LogP contribution in [0, 0.1) is 12.7 Å². The summed E-state index contributed by atoms with van der Waals surface area (Å²) in [5, 5.41) is 3.73. The molecule has 0 radical (unpaired) electrons. The molecule has 1 aliphatic rings. The van der Waals surface area contributed by atoms with Gasteiger partial charge in [-0.15, -0.1) is 11.3 Å². The summed E-state index contributed by atoms with van der Waals surface area (Å²) >= 11 is 1.33. The first-order valence-electron chi connectivity index (χ1n) is 8.38. The van der Waals surface area contributed by atoms with Gasteiger partial charge in [-0.25, -0.2) is 9.37 Å². The van der Waals surface area contributed by atoms with E-state index in [2.05, 4.69) is 22.1 Å². The number of nitrogens with zero attached hydrogens (tertiary/aromatic N) is 2. The fourth-order valence-electron chi connectivity index (χ4n) is 2.79. The summed E-state index contributed by atoms with van der Waals surface area (Å²) in [7, 11) is 0. The predicted molar refractivity (Wildman–Crippen MR) is 96.4 cm³/mol. The third-order valence-corrected chi connectivity index (χ3v) is 5.53. The van der Waals surface area contributed by atoms with E-state index in [-0.39, 0.29) is 17.8 Å². The largest absolute Gasteiger partial charge is 0.379 e. The SMILES string of the molecule is Cc1nc(-c2ccc(F)cc2)sc1C(=O)NCC(C)N1CCOCC1. The number of nitrogens with one attached hydrogen (secondary N) is 1. The average Bonchev–Trinajstić information content (AvgIpc) is 3.02. The van der Waals surface area contributed by atoms with Crippen LogP contribution < -0.4 is 5.32 Å². The second kappa shape index (κ2) is 8.03. The summed E-state index contributed by atoms with van der Waals surface area (Å²) in [5.74, 6) is -0.393. The third-order valence-electron chi connectivity index (χ3n) is 4.32. The van der Waals surface area contributed by atoms with Crippen molar-refractivity contribution in [3.63, 3.8) is 0 Å². The van der Waals surface area contributed by atoms with Gasteiger partial charge in [0.25, 0.3) is 5.91 Å². The number of hydrogen-bond acceptors (Lipinski definition) is 5. The number of carbonyl (C=O) groups excluding carboxylic acids is 1. The van der Waals surface area contributed by atoms with Crippen LogP contribution in [0.2, 0.25) is 0 Å². The van der Waals surface area contributed by atoms with Gasteiger partial charge in [0.15, 0.2) is 0 Å². The lowest BCUT2D eigenvalue weighted by molar-refractivity contribution is 0.0204. The van der Waals surface area contributed by atoms with E-state index < -0.39 is 0 Å². The molecule has 2 heterocycles. The fraction of sp³-hybridized carbons (Fsp3) is 0.444. The topological polar surface area (TPSA) is 54.5 Å². The van der Waals surface area contributed by atoms with Gasteiger partial charge < -0.3 is 10.1 Å². The van der Waals surface area contributed by atoms with Crippen LogP contribution in [0.3, 0.4) is 0 Å². The lowest BCUT2D eigenvalue weighted by Crippen LogP contribution is -2.47. The highest BCUT2D eigenvalue weighted by Gasteiger charge is 2.20.